The summed E-state index contributed by atoms with van der Waals surface area (Å²) in [5, 5.41) is 0. The molecule has 0 unspecified atom stereocenters. The quantitative estimate of drug-likeness (QED) is 0.149. The van der Waals surface area contributed by atoms with Crippen LogP contribution in [-0.2, 0) is 9.53 Å². The van der Waals surface area contributed by atoms with Gasteiger partial charge in [0.15, 0.2) is 6.61 Å². The first kappa shape index (κ1) is 33.4. The molecule has 266 valence electrons. The standard InChI is InChI=1S/C45H33N7O3/c1-2-54-41(53)27-55-31-11-9-10-28(24-31)32-26-30-25-29-15-16-36(49-29)42(33-12-3-6-21-46-33)37-17-18-38(51-37)43(34-13-4-7-22-47-34)39-19-20-40(52-39)44(45(32)50-30)35-14-5-8-23-48-35/h3-26,50-51H,2,27H2,1H3. The zero-order valence-corrected chi connectivity index (χ0v) is 29.7. The number of benzene rings is 1. The Morgan fingerprint density at radius 2 is 1.24 bits per heavy atom. The van der Waals surface area contributed by atoms with E-state index in [0.29, 0.717) is 5.75 Å². The number of aromatic nitrogens is 7. The van der Waals surface area contributed by atoms with Crippen molar-refractivity contribution in [1.29, 1.82) is 0 Å². The minimum Gasteiger partial charge on any atom is -0.482 e. The van der Waals surface area contributed by atoms with Gasteiger partial charge in [-0.25, -0.2) is 14.8 Å². The van der Waals surface area contributed by atoms with Gasteiger partial charge in [0.25, 0.3) is 0 Å². The van der Waals surface area contributed by atoms with Crippen LogP contribution < -0.4 is 4.74 Å². The topological polar surface area (TPSA) is 132 Å². The molecule has 0 radical (unpaired) electrons. The molecule has 10 heteroatoms. The van der Waals surface area contributed by atoms with Crippen LogP contribution in [0.5, 0.6) is 5.75 Å². The molecule has 2 N–H and O–H groups in total. The van der Waals surface area contributed by atoms with E-state index in [4.69, 9.17) is 34.4 Å². The van der Waals surface area contributed by atoms with E-state index in [1.807, 2.05) is 109 Å². The van der Waals surface area contributed by atoms with Crippen molar-refractivity contribution < 1.29 is 14.3 Å². The summed E-state index contributed by atoms with van der Waals surface area (Å²) >= 11 is 0. The molecule has 0 spiro atoms. The lowest BCUT2D eigenvalue weighted by Gasteiger charge is -2.09. The molecule has 0 atom stereocenters. The highest BCUT2D eigenvalue weighted by Gasteiger charge is 2.20. The zero-order chi connectivity index (χ0) is 37.1. The van der Waals surface area contributed by atoms with Gasteiger partial charge in [-0.3, -0.25) is 15.0 Å². The lowest BCUT2D eigenvalue weighted by Crippen LogP contribution is -2.14. The van der Waals surface area contributed by atoms with Gasteiger partial charge in [0, 0.05) is 40.8 Å². The van der Waals surface area contributed by atoms with Crippen LogP contribution in [0.2, 0.25) is 0 Å². The summed E-state index contributed by atoms with van der Waals surface area (Å²) in [6, 6.07) is 33.5. The van der Waals surface area contributed by atoms with E-state index in [9.17, 15) is 4.79 Å². The van der Waals surface area contributed by atoms with Crippen molar-refractivity contribution in [1.82, 2.24) is 34.9 Å². The summed E-state index contributed by atoms with van der Waals surface area (Å²) in [5.41, 5.74) is 12.9. The smallest absolute Gasteiger partial charge is 0.344 e. The van der Waals surface area contributed by atoms with Gasteiger partial charge in [-0.05, 0) is 110 Å². The Labute approximate surface area is 316 Å². The van der Waals surface area contributed by atoms with Gasteiger partial charge in [0.1, 0.15) is 5.75 Å². The number of nitrogens with zero attached hydrogens (tertiary/aromatic N) is 5. The minimum atomic E-state index is -0.428. The predicted molar refractivity (Wildman–Crippen MR) is 216 cm³/mol. The Morgan fingerprint density at radius 3 is 1.87 bits per heavy atom. The molecule has 2 aliphatic rings. The SMILES string of the molecule is CCOC(=O)COc1cccc(-c2cc3cc4nc(c(-c5ccccn5)c5ccc([nH]5)c(-c5ccccn5)c5nc(c(-c6ccccn6)c2[nH]3)C=C5)C=C4)c1. The van der Waals surface area contributed by atoms with Gasteiger partial charge in [0.05, 0.1) is 68.6 Å². The number of ether oxygens (including phenoxy) is 2. The Morgan fingerprint density at radius 1 is 0.618 bits per heavy atom. The fraction of sp³-hybridized carbons (Fsp3) is 0.0667. The molecule has 0 saturated heterocycles. The van der Waals surface area contributed by atoms with E-state index < -0.39 is 5.97 Å². The molecule has 0 amide bonds. The van der Waals surface area contributed by atoms with Crippen LogP contribution in [0.3, 0.4) is 0 Å². The van der Waals surface area contributed by atoms with Crippen LogP contribution in [-0.4, -0.2) is 54.1 Å². The number of carbonyl (C=O) groups excluding carboxylic acids is 1. The van der Waals surface area contributed by atoms with Crippen molar-refractivity contribution in [3.63, 3.8) is 0 Å². The third-order valence-electron chi connectivity index (χ3n) is 9.26. The molecule has 8 bridgehead atoms. The normalized spacial score (nSPS) is 11.8. The Bertz CT molecular complexity index is 2790. The van der Waals surface area contributed by atoms with Crippen molar-refractivity contribution in [2.75, 3.05) is 13.2 Å². The molecule has 0 fully saturated rings. The maximum absolute atomic E-state index is 12.1. The van der Waals surface area contributed by atoms with Gasteiger partial charge in [-0.15, -0.1) is 0 Å². The number of H-pyrrole nitrogens is 2. The number of hydrogen-bond donors (Lipinski definition) is 2. The summed E-state index contributed by atoms with van der Waals surface area (Å²) in [5.74, 6) is 0.108. The van der Waals surface area contributed by atoms with E-state index in [-0.39, 0.29) is 13.2 Å². The third kappa shape index (κ3) is 6.68. The molecule has 0 saturated carbocycles. The molecule has 6 aromatic heterocycles. The fourth-order valence-electron chi connectivity index (χ4n) is 6.89. The number of esters is 1. The summed E-state index contributed by atoms with van der Waals surface area (Å²) < 4.78 is 11.0. The van der Waals surface area contributed by atoms with Crippen molar-refractivity contribution in [2.24, 2.45) is 0 Å². The van der Waals surface area contributed by atoms with Crippen LogP contribution in [0, 0.1) is 0 Å². The second-order valence-corrected chi connectivity index (χ2v) is 12.8. The lowest BCUT2D eigenvalue weighted by atomic mass is 10.0. The predicted octanol–water partition coefficient (Wildman–Crippen LogP) is 9.45. The van der Waals surface area contributed by atoms with Crippen LogP contribution >= 0.6 is 0 Å². The maximum atomic E-state index is 12.1. The second-order valence-electron chi connectivity index (χ2n) is 12.8. The van der Waals surface area contributed by atoms with E-state index in [2.05, 4.69) is 28.2 Å². The molecule has 2 aliphatic heterocycles. The molecule has 10 nitrogen and oxygen atoms in total. The second kappa shape index (κ2) is 14.5. The number of carbonyl (C=O) groups is 1. The van der Waals surface area contributed by atoms with Crippen LogP contribution in [0.15, 0.2) is 122 Å². The number of rotatable bonds is 8. The van der Waals surface area contributed by atoms with Gasteiger partial charge < -0.3 is 19.4 Å². The van der Waals surface area contributed by atoms with E-state index in [1.54, 1.807) is 25.5 Å². The van der Waals surface area contributed by atoms with E-state index >= 15 is 0 Å². The first-order valence-corrected chi connectivity index (χ1v) is 17.9. The summed E-state index contributed by atoms with van der Waals surface area (Å²) in [6.07, 6.45) is 13.4. The number of aromatic amines is 2. The molecule has 8 heterocycles. The Kier molecular flexibility index (Phi) is 8.81. The fourth-order valence-corrected chi connectivity index (χ4v) is 6.89. The molecule has 7 aromatic rings. The highest BCUT2D eigenvalue weighted by molar-refractivity contribution is 6.01. The Balaban J connectivity index is 1.39. The third-order valence-corrected chi connectivity index (χ3v) is 9.26. The van der Waals surface area contributed by atoms with Gasteiger partial charge in [-0.2, -0.15) is 0 Å². The number of nitrogens with one attached hydrogen (secondary N) is 2. The monoisotopic (exact) mass is 719 g/mol. The van der Waals surface area contributed by atoms with Crippen molar-refractivity contribution >= 4 is 52.3 Å². The van der Waals surface area contributed by atoms with E-state index in [0.717, 1.165) is 89.7 Å². The van der Waals surface area contributed by atoms with Crippen LogP contribution in [0.1, 0.15) is 29.7 Å². The maximum Gasteiger partial charge on any atom is 0.344 e. The first-order chi connectivity index (χ1) is 27.1. The van der Waals surface area contributed by atoms with Crippen LogP contribution in [0.4, 0.5) is 0 Å². The number of fused-ring (bicyclic) bond motifs is 8. The highest BCUT2D eigenvalue weighted by Crippen LogP contribution is 2.38. The van der Waals surface area contributed by atoms with Gasteiger partial charge in [0.2, 0.25) is 0 Å². The minimum absolute atomic E-state index is 0.193. The van der Waals surface area contributed by atoms with E-state index in [1.165, 1.54) is 0 Å². The van der Waals surface area contributed by atoms with Crippen molar-refractivity contribution in [3.05, 3.63) is 144 Å². The molecule has 0 aliphatic carbocycles. The van der Waals surface area contributed by atoms with Crippen molar-refractivity contribution in [3.8, 4) is 50.6 Å². The van der Waals surface area contributed by atoms with Crippen LogP contribution in [0.25, 0.3) is 91.3 Å². The summed E-state index contributed by atoms with van der Waals surface area (Å²) in [7, 11) is 0. The van der Waals surface area contributed by atoms with Gasteiger partial charge >= 0.3 is 5.97 Å². The largest absolute Gasteiger partial charge is 0.482 e. The average Bonchev–Trinajstić information content (AvgIpc) is 4.06. The van der Waals surface area contributed by atoms with Gasteiger partial charge in [-0.1, -0.05) is 30.3 Å². The zero-order valence-electron chi connectivity index (χ0n) is 29.7. The average molecular weight is 720 g/mol. The number of pyridine rings is 3. The molecular formula is C45H33N7O3. The number of hydrogen-bond acceptors (Lipinski definition) is 8. The molecular weight excluding hydrogens is 687 g/mol. The molecule has 55 heavy (non-hydrogen) atoms. The highest BCUT2D eigenvalue weighted by atomic mass is 16.6. The van der Waals surface area contributed by atoms with Crippen molar-refractivity contribution in [2.45, 2.75) is 6.92 Å². The Hall–Kier alpha value is -7.46. The molecule has 1 aromatic carbocycles. The molecule has 9 rings (SSSR count). The first-order valence-electron chi connectivity index (χ1n) is 17.9. The summed E-state index contributed by atoms with van der Waals surface area (Å²) in [6.45, 7) is 1.86. The summed E-state index contributed by atoms with van der Waals surface area (Å²) in [4.78, 5) is 44.3. The lowest BCUT2D eigenvalue weighted by molar-refractivity contribution is -0.145.